The molecule has 0 aliphatic carbocycles. The standard InChI is InChI=1S/C69H84N9O8/c1-50(56-31-19-11-20-32-56)74(44-61(70)79)65(83)45-72(42-54-27-15-9-16-28-54)64(82)48-76(52(3)58-35-23-13-24-36-58)67(85)49-77(53(4)59-37-25-14-26-38-59)66(84)46-73(43-55-29-17-10-18-30-55)63(81)47-75(51(2)57-33-21-12-22-34-57)62(80)41-71-60-39-68(5,6)78(86)69(7,8)40-60/h9-38,50-53,60,71H,39-49H2,1-8H3,(H2,70,79)/t50-,51-,52-,53-/m1/s1. The number of primary amides is 1. The van der Waals surface area contributed by atoms with Crippen molar-refractivity contribution in [1.29, 1.82) is 0 Å². The highest BCUT2D eigenvalue weighted by Gasteiger charge is 2.46. The van der Waals surface area contributed by atoms with Crippen LogP contribution in [-0.2, 0) is 51.9 Å². The highest BCUT2D eigenvalue weighted by atomic mass is 16.5. The van der Waals surface area contributed by atoms with E-state index in [9.17, 15) is 19.6 Å². The summed E-state index contributed by atoms with van der Waals surface area (Å²) in [4.78, 5) is 112. The van der Waals surface area contributed by atoms with Gasteiger partial charge in [0.1, 0.15) is 32.7 Å². The van der Waals surface area contributed by atoms with Gasteiger partial charge in [-0.15, -0.1) is 10.3 Å². The molecule has 86 heavy (non-hydrogen) atoms. The topological polar surface area (TPSA) is 200 Å². The SMILES string of the molecule is C[C@H](c1ccccc1)N(CC(N)=O)C(=O)CN(Cc1ccccc1)C(=O)CN(C(=O)CN(C(=O)CN(Cc1ccccc1)C(=O)CN(C(=O)CNC1CC(C)(C)N([O])C(C)(C)C1)[C@H](C)c1ccccc1)[C@H](C)c1ccccc1)[C@H](C)c1ccccc1. The van der Waals surface area contributed by atoms with E-state index in [0.29, 0.717) is 29.5 Å². The molecule has 0 saturated carbocycles. The Balaban J connectivity index is 1.20. The van der Waals surface area contributed by atoms with Gasteiger partial charge in [-0.1, -0.05) is 182 Å². The van der Waals surface area contributed by atoms with Crippen molar-refractivity contribution in [3.8, 4) is 0 Å². The Bertz CT molecular complexity index is 3180. The monoisotopic (exact) mass is 1170 g/mol. The van der Waals surface area contributed by atoms with Crippen LogP contribution in [0.5, 0.6) is 0 Å². The van der Waals surface area contributed by atoms with Crippen molar-refractivity contribution in [2.75, 3.05) is 45.8 Å². The van der Waals surface area contributed by atoms with Crippen LogP contribution < -0.4 is 11.1 Å². The molecule has 1 heterocycles. The highest BCUT2D eigenvalue weighted by Crippen LogP contribution is 2.37. The van der Waals surface area contributed by atoms with Crippen molar-refractivity contribution in [3.63, 3.8) is 0 Å². The Kier molecular flexibility index (Phi) is 22.7. The first kappa shape index (κ1) is 65.0. The third-order valence-corrected chi connectivity index (χ3v) is 16.4. The molecule has 1 fully saturated rings. The predicted molar refractivity (Wildman–Crippen MR) is 331 cm³/mol. The Morgan fingerprint density at radius 3 is 1.00 bits per heavy atom. The normalized spacial score (nSPS) is 15.2. The van der Waals surface area contributed by atoms with Gasteiger partial charge in [-0.3, -0.25) is 33.6 Å². The van der Waals surface area contributed by atoms with Crippen LogP contribution in [0, 0.1) is 0 Å². The first-order chi connectivity index (χ1) is 41.0. The molecule has 1 aliphatic heterocycles. The maximum Gasteiger partial charge on any atom is 0.243 e. The minimum atomic E-state index is -0.730. The molecule has 6 aromatic carbocycles. The minimum absolute atomic E-state index is 0.00646. The fraction of sp³-hybridized carbons (Fsp3) is 0.377. The average Bonchev–Trinajstić information content (AvgIpc) is 1.47. The third-order valence-electron chi connectivity index (χ3n) is 16.4. The number of amides is 7. The summed E-state index contributed by atoms with van der Waals surface area (Å²) in [6.45, 7) is 11.9. The molecule has 17 heteroatoms. The second-order valence-electron chi connectivity index (χ2n) is 23.8. The molecule has 6 aromatic rings. The van der Waals surface area contributed by atoms with Gasteiger partial charge in [-0.2, -0.15) is 0 Å². The smallest absolute Gasteiger partial charge is 0.243 e. The molecular formula is C69H84N9O8. The van der Waals surface area contributed by atoms with E-state index in [2.05, 4.69) is 5.32 Å². The zero-order valence-corrected chi connectivity index (χ0v) is 51.0. The van der Waals surface area contributed by atoms with Crippen molar-refractivity contribution in [2.24, 2.45) is 5.73 Å². The molecule has 1 aliphatic rings. The van der Waals surface area contributed by atoms with Gasteiger partial charge in [0.25, 0.3) is 0 Å². The lowest BCUT2D eigenvalue weighted by molar-refractivity contribution is -0.290. The zero-order chi connectivity index (χ0) is 62.1. The second-order valence-corrected chi connectivity index (χ2v) is 23.8. The summed E-state index contributed by atoms with van der Waals surface area (Å²) in [6, 6.07) is 52.6. The summed E-state index contributed by atoms with van der Waals surface area (Å²) in [5.41, 5.74) is 8.77. The van der Waals surface area contributed by atoms with Gasteiger partial charge in [0.15, 0.2) is 0 Å². The number of nitrogens with two attached hydrogens (primary N) is 1. The summed E-state index contributed by atoms with van der Waals surface area (Å²) >= 11 is 0. The molecule has 7 rings (SSSR count). The molecule has 4 atom stereocenters. The van der Waals surface area contributed by atoms with Gasteiger partial charge < -0.3 is 40.4 Å². The fourth-order valence-corrected chi connectivity index (χ4v) is 11.6. The summed E-state index contributed by atoms with van der Waals surface area (Å²) in [5, 5.41) is 17.8. The lowest BCUT2D eigenvalue weighted by Gasteiger charge is -2.50. The summed E-state index contributed by atoms with van der Waals surface area (Å²) in [6.07, 6.45) is 1.02. The molecule has 3 N–H and O–H groups in total. The van der Waals surface area contributed by atoms with E-state index in [1.165, 1.54) is 29.4 Å². The summed E-state index contributed by atoms with van der Waals surface area (Å²) < 4.78 is 0. The summed E-state index contributed by atoms with van der Waals surface area (Å²) in [7, 11) is 0. The number of hydroxylamine groups is 2. The van der Waals surface area contributed by atoms with Crippen LogP contribution in [0.25, 0.3) is 0 Å². The van der Waals surface area contributed by atoms with Crippen LogP contribution in [-0.4, -0.2) is 139 Å². The third kappa shape index (κ3) is 17.6. The lowest BCUT2D eigenvalue weighted by Crippen LogP contribution is -2.62. The number of hydrogen-bond donors (Lipinski definition) is 2. The van der Waals surface area contributed by atoms with Crippen LogP contribution >= 0.6 is 0 Å². The number of carbonyl (C=O) groups excluding carboxylic acids is 7. The van der Waals surface area contributed by atoms with Gasteiger partial charge in [0.05, 0.1) is 37.3 Å². The molecule has 7 amide bonds. The van der Waals surface area contributed by atoms with E-state index in [-0.39, 0.29) is 31.6 Å². The van der Waals surface area contributed by atoms with Crippen LogP contribution in [0.1, 0.15) is 126 Å². The van der Waals surface area contributed by atoms with Crippen molar-refractivity contribution < 1.29 is 38.8 Å². The van der Waals surface area contributed by atoms with Crippen molar-refractivity contribution in [3.05, 3.63) is 215 Å². The van der Waals surface area contributed by atoms with E-state index < -0.39 is 110 Å². The first-order valence-electron chi connectivity index (χ1n) is 29.5. The predicted octanol–water partition coefficient (Wildman–Crippen LogP) is 8.85. The van der Waals surface area contributed by atoms with Crippen molar-refractivity contribution in [1.82, 2.24) is 39.8 Å². The summed E-state index contributed by atoms with van der Waals surface area (Å²) in [5.74, 6) is -3.84. The maximum atomic E-state index is 15.5. The highest BCUT2D eigenvalue weighted by molar-refractivity contribution is 5.93. The molecular weight excluding hydrogens is 1080 g/mol. The van der Waals surface area contributed by atoms with Crippen LogP contribution in [0.2, 0.25) is 0 Å². The van der Waals surface area contributed by atoms with Crippen molar-refractivity contribution in [2.45, 2.75) is 123 Å². The fourth-order valence-electron chi connectivity index (χ4n) is 11.6. The second kappa shape index (κ2) is 30.0. The first-order valence-corrected chi connectivity index (χ1v) is 29.5. The van der Waals surface area contributed by atoms with Gasteiger partial charge >= 0.3 is 0 Å². The number of benzene rings is 6. The maximum absolute atomic E-state index is 15.5. The van der Waals surface area contributed by atoms with Gasteiger partial charge in [-0.05, 0) is 102 Å². The van der Waals surface area contributed by atoms with E-state index in [0.717, 1.165) is 21.8 Å². The molecule has 453 valence electrons. The molecule has 17 nitrogen and oxygen atoms in total. The molecule has 1 saturated heterocycles. The largest absolute Gasteiger partial charge is 0.368 e. The minimum Gasteiger partial charge on any atom is -0.368 e. The Morgan fingerprint density at radius 1 is 0.419 bits per heavy atom. The van der Waals surface area contributed by atoms with E-state index in [1.54, 1.807) is 20.8 Å². The van der Waals surface area contributed by atoms with Crippen LogP contribution in [0.15, 0.2) is 182 Å². The zero-order valence-electron chi connectivity index (χ0n) is 51.0. The van der Waals surface area contributed by atoms with Gasteiger partial charge in [0.2, 0.25) is 41.4 Å². The molecule has 0 aromatic heterocycles. The molecule has 0 unspecified atom stereocenters. The number of nitrogens with one attached hydrogen (secondary N) is 1. The number of carbonyl (C=O) groups is 7. The average molecular weight is 1170 g/mol. The Hall–Kier alpha value is -8.51. The van der Waals surface area contributed by atoms with Gasteiger partial charge in [0, 0.05) is 30.2 Å². The van der Waals surface area contributed by atoms with Crippen molar-refractivity contribution >= 4 is 41.4 Å². The van der Waals surface area contributed by atoms with E-state index in [1.807, 2.05) is 217 Å². The number of hydrogen-bond acceptors (Lipinski definition) is 9. The van der Waals surface area contributed by atoms with Crippen LogP contribution in [0.3, 0.4) is 0 Å². The molecule has 0 bridgehead atoms. The number of piperidine rings is 1. The van der Waals surface area contributed by atoms with Gasteiger partial charge in [-0.25, -0.2) is 0 Å². The van der Waals surface area contributed by atoms with Crippen LogP contribution in [0.4, 0.5) is 0 Å². The molecule has 1 radical (unpaired) electrons. The van der Waals surface area contributed by atoms with E-state index in [4.69, 9.17) is 5.73 Å². The van der Waals surface area contributed by atoms with E-state index >= 15 is 19.2 Å². The number of rotatable bonds is 27. The molecule has 0 spiro atoms. The quantitative estimate of drug-likeness (QED) is 0.0506. The Labute approximate surface area is 507 Å². The number of nitrogens with zero attached hydrogens (tertiary/aromatic N) is 7. The Morgan fingerprint density at radius 2 is 0.686 bits per heavy atom. The lowest BCUT2D eigenvalue weighted by atomic mass is 9.79.